The van der Waals surface area contributed by atoms with Crippen LogP contribution in [0.4, 0.5) is 4.79 Å². The molecule has 1 amide bonds. The van der Waals surface area contributed by atoms with Crippen molar-refractivity contribution in [2.75, 3.05) is 13.7 Å². The van der Waals surface area contributed by atoms with E-state index in [2.05, 4.69) is 5.32 Å². The molecule has 2 aromatic rings. The van der Waals surface area contributed by atoms with Gasteiger partial charge in [-0.15, -0.1) is 0 Å². The number of nitrogens with one attached hydrogen (secondary N) is 1. The molecule has 0 saturated carbocycles. The monoisotopic (exact) mass is 695 g/mol. The van der Waals surface area contributed by atoms with Crippen molar-refractivity contribution < 1.29 is 63.7 Å². The van der Waals surface area contributed by atoms with Crippen LogP contribution in [0.1, 0.15) is 101 Å². The van der Waals surface area contributed by atoms with Crippen molar-refractivity contribution in [2.45, 2.75) is 101 Å². The molecule has 50 heavy (non-hydrogen) atoms. The molecule has 0 radical (unpaired) electrons. The van der Waals surface area contributed by atoms with Gasteiger partial charge in [0.05, 0.1) is 42.0 Å². The molecule has 1 fully saturated rings. The zero-order valence-electron chi connectivity index (χ0n) is 27.7. The molecule has 268 valence electrons. The number of hydrogen-bond acceptors (Lipinski definition) is 13. The molecule has 1 heterocycles. The van der Waals surface area contributed by atoms with Crippen LogP contribution in [0.3, 0.4) is 0 Å². The van der Waals surface area contributed by atoms with E-state index in [4.69, 9.17) is 18.9 Å². The van der Waals surface area contributed by atoms with Crippen molar-refractivity contribution in [3.8, 4) is 17.2 Å². The maximum atomic E-state index is 13.9. The van der Waals surface area contributed by atoms with Gasteiger partial charge >= 0.3 is 6.09 Å². The minimum atomic E-state index is -2.32. The molecule has 7 atom stereocenters. The van der Waals surface area contributed by atoms with Crippen LogP contribution in [-0.4, -0.2) is 98.9 Å². The Bertz CT molecular complexity index is 1740. The number of aromatic hydroxyl groups is 2. The van der Waals surface area contributed by atoms with Crippen molar-refractivity contribution in [3.63, 3.8) is 0 Å². The average Bonchev–Trinajstić information content (AvgIpc) is 3.07. The predicted molar refractivity (Wildman–Crippen MR) is 173 cm³/mol. The third-order valence-corrected chi connectivity index (χ3v) is 10.0. The molecule has 14 nitrogen and oxygen atoms in total. The Balaban J connectivity index is 1.33. The lowest BCUT2D eigenvalue weighted by molar-refractivity contribution is -0.249. The number of ketones is 3. The highest BCUT2D eigenvalue weighted by atomic mass is 16.7. The Labute approximate surface area is 287 Å². The van der Waals surface area contributed by atoms with Gasteiger partial charge in [0.15, 0.2) is 17.9 Å². The van der Waals surface area contributed by atoms with Gasteiger partial charge in [0.25, 0.3) is 0 Å². The van der Waals surface area contributed by atoms with E-state index >= 15 is 0 Å². The van der Waals surface area contributed by atoms with Crippen molar-refractivity contribution >= 4 is 23.4 Å². The van der Waals surface area contributed by atoms with Gasteiger partial charge < -0.3 is 49.8 Å². The van der Waals surface area contributed by atoms with Crippen LogP contribution in [0.25, 0.3) is 0 Å². The van der Waals surface area contributed by atoms with Gasteiger partial charge in [-0.25, -0.2) is 4.79 Å². The summed E-state index contributed by atoms with van der Waals surface area (Å²) in [6.07, 6.45) is 1.13. The lowest BCUT2D eigenvalue weighted by Crippen LogP contribution is -2.56. The smallest absolute Gasteiger partial charge is 0.408 e. The number of ether oxygens (including phenoxy) is 4. The molecule has 3 aliphatic carbocycles. The number of rotatable bonds is 7. The van der Waals surface area contributed by atoms with E-state index in [0.717, 1.165) is 25.7 Å². The molecular formula is C36H41NO13. The van der Waals surface area contributed by atoms with Crippen molar-refractivity contribution in [2.24, 2.45) is 0 Å². The summed E-state index contributed by atoms with van der Waals surface area (Å²) in [6, 6.07) is 3.41. The molecule has 6 N–H and O–H groups in total. The summed E-state index contributed by atoms with van der Waals surface area (Å²) >= 11 is 0. The maximum Gasteiger partial charge on any atom is 0.408 e. The first-order valence-corrected chi connectivity index (χ1v) is 16.7. The Hall–Kier alpha value is -4.34. The molecule has 0 aromatic heterocycles. The number of phenols is 2. The Kier molecular flexibility index (Phi) is 10.0. The Morgan fingerprint density at radius 1 is 1.06 bits per heavy atom. The Morgan fingerprint density at radius 2 is 1.82 bits per heavy atom. The minimum Gasteiger partial charge on any atom is -0.507 e. The van der Waals surface area contributed by atoms with E-state index in [1.807, 2.05) is 12.2 Å². The van der Waals surface area contributed by atoms with Crippen LogP contribution < -0.4 is 10.1 Å². The summed E-state index contributed by atoms with van der Waals surface area (Å²) in [7, 11) is 1.31. The van der Waals surface area contributed by atoms with Crippen LogP contribution in [-0.2, 0) is 25.4 Å². The lowest BCUT2D eigenvalue weighted by atomic mass is 9.72. The number of amides is 1. The number of aliphatic hydroxyl groups excluding tert-OH is 2. The van der Waals surface area contributed by atoms with Gasteiger partial charge in [-0.3, -0.25) is 14.4 Å². The first-order valence-electron chi connectivity index (χ1n) is 16.7. The predicted octanol–water partition coefficient (Wildman–Crippen LogP) is 2.66. The fourth-order valence-corrected chi connectivity index (χ4v) is 7.41. The third kappa shape index (κ3) is 6.37. The first kappa shape index (κ1) is 35.5. The number of carbonyl (C=O) groups is 4. The fourth-order valence-electron chi connectivity index (χ4n) is 7.41. The van der Waals surface area contributed by atoms with E-state index < -0.39 is 108 Å². The number of methoxy groups -OCH3 is 1. The van der Waals surface area contributed by atoms with E-state index in [9.17, 15) is 44.7 Å². The number of allylic oxidation sites excluding steroid dienone is 1. The van der Waals surface area contributed by atoms with Crippen molar-refractivity contribution in [1.29, 1.82) is 0 Å². The number of fused-ring (bicyclic) bond motifs is 3. The molecule has 4 aliphatic rings. The van der Waals surface area contributed by atoms with Crippen molar-refractivity contribution in [3.05, 3.63) is 63.7 Å². The second-order valence-corrected chi connectivity index (χ2v) is 13.3. The number of hydrogen-bond donors (Lipinski definition) is 6. The van der Waals surface area contributed by atoms with Gasteiger partial charge in [0, 0.05) is 36.0 Å². The number of phenolic OH excluding ortho intramolecular Hbond substituents is 2. The molecular weight excluding hydrogens is 654 g/mol. The van der Waals surface area contributed by atoms with Gasteiger partial charge in [-0.2, -0.15) is 0 Å². The third-order valence-electron chi connectivity index (χ3n) is 10.0. The first-order chi connectivity index (χ1) is 23.9. The molecule has 2 unspecified atom stereocenters. The summed E-state index contributed by atoms with van der Waals surface area (Å²) in [5.41, 5.74) is -3.93. The topological polar surface area (TPSA) is 218 Å². The summed E-state index contributed by atoms with van der Waals surface area (Å²) < 4.78 is 23.0. The number of aliphatic hydroxyl groups is 3. The van der Waals surface area contributed by atoms with Crippen LogP contribution in [0.15, 0.2) is 30.4 Å². The van der Waals surface area contributed by atoms with E-state index in [-0.39, 0.29) is 34.4 Å². The summed E-state index contributed by atoms with van der Waals surface area (Å²) in [5, 5.41) is 58.1. The highest BCUT2D eigenvalue weighted by molar-refractivity contribution is 6.31. The standard InChI is InChI=1S/C36H41NO13/c1-17-30(40)21(37-35(45)49-18-9-6-4-3-5-7-10-18)13-25(48-17)50-23-15-36(46,24(39)16-38)14-20-27(23)34(44)29-28(32(20)42)31(41)19-11-8-12-22(47-2)26(19)33(29)43/h6,8-9,11-12,17-18,21,23,25,30,38,40,42,44,46H,3-5,7,10,13-16H2,1-2H3,(H,37,45)/b9-6+/t17?,18-,21?,23-,25-,30+,36-/m0/s1. The largest absolute Gasteiger partial charge is 0.507 e. The zero-order valence-corrected chi connectivity index (χ0v) is 27.7. The minimum absolute atomic E-state index is 0.0737. The molecule has 6 rings (SSSR count). The van der Waals surface area contributed by atoms with Gasteiger partial charge in [-0.05, 0) is 44.7 Å². The van der Waals surface area contributed by atoms with Crippen LogP contribution in [0.2, 0.25) is 0 Å². The number of alkyl carbamates (subject to hydrolysis) is 1. The molecule has 14 heteroatoms. The van der Waals surface area contributed by atoms with Gasteiger partial charge in [0.1, 0.15) is 41.7 Å². The summed E-state index contributed by atoms with van der Waals surface area (Å²) in [6.45, 7) is 0.487. The lowest BCUT2D eigenvalue weighted by Gasteiger charge is -2.42. The highest BCUT2D eigenvalue weighted by Crippen LogP contribution is 2.52. The van der Waals surface area contributed by atoms with Gasteiger partial charge in [-0.1, -0.05) is 24.6 Å². The number of Topliss-reactive ketones (excluding diaryl/α,β-unsaturated/α-hetero) is 1. The average molecular weight is 696 g/mol. The number of carbonyl (C=O) groups excluding carboxylic acids is 4. The Morgan fingerprint density at radius 3 is 2.56 bits per heavy atom. The van der Waals surface area contributed by atoms with E-state index in [0.29, 0.717) is 6.42 Å². The zero-order chi connectivity index (χ0) is 35.9. The maximum absolute atomic E-state index is 13.9. The second kappa shape index (κ2) is 14.1. The summed E-state index contributed by atoms with van der Waals surface area (Å²) in [4.78, 5) is 53.4. The number of benzene rings is 2. The molecule has 0 spiro atoms. The molecule has 1 aliphatic heterocycles. The van der Waals surface area contributed by atoms with Gasteiger partial charge in [0.2, 0.25) is 5.78 Å². The quantitative estimate of drug-likeness (QED) is 0.155. The molecule has 1 saturated heterocycles. The van der Waals surface area contributed by atoms with Crippen LogP contribution in [0, 0.1) is 0 Å². The second-order valence-electron chi connectivity index (χ2n) is 13.3. The van der Waals surface area contributed by atoms with Crippen LogP contribution in [0.5, 0.6) is 17.2 Å². The fraction of sp³-hybridized carbons (Fsp3) is 0.500. The van der Waals surface area contributed by atoms with E-state index in [1.54, 1.807) is 6.92 Å². The molecule has 0 bridgehead atoms. The van der Waals surface area contributed by atoms with E-state index in [1.165, 1.54) is 25.3 Å². The van der Waals surface area contributed by atoms with Crippen LogP contribution >= 0.6 is 0 Å². The highest BCUT2D eigenvalue weighted by Gasteiger charge is 2.50. The summed E-state index contributed by atoms with van der Waals surface area (Å²) in [5.74, 6) is -3.98. The SMILES string of the molecule is COc1cccc2c1C(=O)c1c(O)c3c(c(O)c1C2=O)C[C@@](O)(C(=O)CO)C[C@@H]3O[C@H]1CC(NC(=O)O[C@H]2/C=C/CCCCC2)[C@H](O)C(C)O1. The van der Waals surface area contributed by atoms with Crippen molar-refractivity contribution in [1.82, 2.24) is 5.32 Å². The normalized spacial score (nSPS) is 29.8. The molecule has 2 aromatic carbocycles.